The number of amides is 2. The second kappa shape index (κ2) is 9.36. The number of benzene rings is 1. The Hall–Kier alpha value is -2.37. The van der Waals surface area contributed by atoms with E-state index in [2.05, 4.69) is 0 Å². The van der Waals surface area contributed by atoms with Gasteiger partial charge in [-0.15, -0.1) is 0 Å². The van der Waals surface area contributed by atoms with E-state index in [1.807, 2.05) is 37.3 Å². The summed E-state index contributed by atoms with van der Waals surface area (Å²) in [5.74, 6) is -1.34. The number of nitrogens with zero attached hydrogens (tertiary/aromatic N) is 1. The molecule has 0 spiro atoms. The normalized spacial score (nSPS) is 17.9. The van der Waals surface area contributed by atoms with Crippen LogP contribution >= 0.6 is 0 Å². The summed E-state index contributed by atoms with van der Waals surface area (Å²) >= 11 is 0. The van der Waals surface area contributed by atoms with Gasteiger partial charge in [-0.1, -0.05) is 43.7 Å². The number of hydrogen-bond donors (Lipinski definition) is 0. The standard InChI is InChI=1S/C20H27NO5/c1-4-8-16(12-18(22)26-14(2)3)19(23)21-17(13-25-20(21)24)11-15-9-6-5-7-10-15/h5-7,9-10,14,16-17H,4,8,11-13H2,1-3H3/t16-,17+/m1/s1. The van der Waals surface area contributed by atoms with Gasteiger partial charge in [0.2, 0.25) is 5.91 Å². The zero-order valence-electron chi connectivity index (χ0n) is 15.6. The molecule has 2 atom stereocenters. The van der Waals surface area contributed by atoms with Gasteiger partial charge in [0.1, 0.15) is 6.61 Å². The molecule has 1 aliphatic rings. The SMILES string of the molecule is CCC[C@H](CC(=O)OC(C)C)C(=O)N1C(=O)OC[C@@H]1Cc1ccccc1. The molecule has 0 aliphatic carbocycles. The van der Waals surface area contributed by atoms with Gasteiger partial charge in [0.05, 0.1) is 18.6 Å². The molecule has 6 heteroatoms. The summed E-state index contributed by atoms with van der Waals surface area (Å²) in [5.41, 5.74) is 1.03. The summed E-state index contributed by atoms with van der Waals surface area (Å²) in [6.07, 6.45) is 0.905. The van der Waals surface area contributed by atoms with Crippen molar-refractivity contribution in [2.45, 2.75) is 58.6 Å². The zero-order valence-corrected chi connectivity index (χ0v) is 15.6. The smallest absolute Gasteiger partial charge is 0.416 e. The van der Waals surface area contributed by atoms with E-state index in [4.69, 9.17) is 9.47 Å². The number of cyclic esters (lactones) is 1. The van der Waals surface area contributed by atoms with Gasteiger partial charge in [-0.3, -0.25) is 9.59 Å². The first-order valence-corrected chi connectivity index (χ1v) is 9.15. The number of hydrogen-bond acceptors (Lipinski definition) is 5. The quantitative estimate of drug-likeness (QED) is 0.664. The van der Waals surface area contributed by atoms with E-state index in [0.717, 1.165) is 12.0 Å². The fourth-order valence-electron chi connectivity index (χ4n) is 3.14. The van der Waals surface area contributed by atoms with Crippen molar-refractivity contribution in [3.63, 3.8) is 0 Å². The van der Waals surface area contributed by atoms with Crippen LogP contribution in [0.1, 0.15) is 45.6 Å². The molecule has 1 fully saturated rings. The summed E-state index contributed by atoms with van der Waals surface area (Å²) in [7, 11) is 0. The van der Waals surface area contributed by atoms with Crippen LogP contribution in [0.5, 0.6) is 0 Å². The Labute approximate surface area is 154 Å². The predicted octanol–water partition coefficient (Wildman–Crippen LogP) is 3.33. The van der Waals surface area contributed by atoms with E-state index in [1.54, 1.807) is 13.8 Å². The average molecular weight is 361 g/mol. The average Bonchev–Trinajstić information content (AvgIpc) is 2.94. The molecule has 1 saturated heterocycles. The third-order valence-corrected chi connectivity index (χ3v) is 4.28. The van der Waals surface area contributed by atoms with Crippen LogP contribution in [-0.4, -0.2) is 41.6 Å². The molecule has 6 nitrogen and oxygen atoms in total. The number of rotatable bonds is 8. The van der Waals surface area contributed by atoms with Crippen LogP contribution in [0.4, 0.5) is 4.79 Å². The maximum atomic E-state index is 13.0. The van der Waals surface area contributed by atoms with Gasteiger partial charge in [-0.25, -0.2) is 9.69 Å². The topological polar surface area (TPSA) is 72.9 Å². The van der Waals surface area contributed by atoms with Crippen LogP contribution in [0.25, 0.3) is 0 Å². The van der Waals surface area contributed by atoms with Crippen molar-refractivity contribution >= 4 is 18.0 Å². The molecule has 142 valence electrons. The molecular weight excluding hydrogens is 334 g/mol. The summed E-state index contributed by atoms with van der Waals surface area (Å²) in [5, 5.41) is 0. The first-order valence-electron chi connectivity index (χ1n) is 9.15. The van der Waals surface area contributed by atoms with E-state index >= 15 is 0 Å². The molecule has 2 rings (SSSR count). The molecular formula is C20H27NO5. The van der Waals surface area contributed by atoms with E-state index in [-0.39, 0.29) is 31.1 Å². The molecule has 0 radical (unpaired) electrons. The van der Waals surface area contributed by atoms with Crippen LogP contribution in [0.15, 0.2) is 30.3 Å². The molecule has 26 heavy (non-hydrogen) atoms. The van der Waals surface area contributed by atoms with Gasteiger partial charge in [0.25, 0.3) is 0 Å². The van der Waals surface area contributed by atoms with Gasteiger partial charge in [-0.2, -0.15) is 0 Å². The minimum atomic E-state index is -0.630. The highest BCUT2D eigenvalue weighted by molar-refractivity contribution is 5.96. The maximum Gasteiger partial charge on any atom is 0.416 e. The molecule has 1 heterocycles. The highest BCUT2D eigenvalue weighted by atomic mass is 16.6. The second-order valence-electron chi connectivity index (χ2n) is 6.86. The fourth-order valence-corrected chi connectivity index (χ4v) is 3.14. The lowest BCUT2D eigenvalue weighted by Gasteiger charge is -2.24. The summed E-state index contributed by atoms with van der Waals surface area (Å²) in [6, 6.07) is 9.31. The van der Waals surface area contributed by atoms with Crippen molar-refractivity contribution in [2.75, 3.05) is 6.61 Å². The molecule has 0 unspecified atom stereocenters. The Morgan fingerprint density at radius 2 is 1.96 bits per heavy atom. The zero-order chi connectivity index (χ0) is 19.1. The van der Waals surface area contributed by atoms with E-state index in [1.165, 1.54) is 4.90 Å². The molecule has 1 aliphatic heterocycles. The van der Waals surface area contributed by atoms with Gasteiger partial charge in [0.15, 0.2) is 0 Å². The van der Waals surface area contributed by atoms with Crippen molar-refractivity contribution in [1.29, 1.82) is 0 Å². The van der Waals surface area contributed by atoms with Crippen LogP contribution in [0.3, 0.4) is 0 Å². The van der Waals surface area contributed by atoms with Gasteiger partial charge < -0.3 is 9.47 Å². The highest BCUT2D eigenvalue weighted by Crippen LogP contribution is 2.24. The third kappa shape index (κ3) is 5.31. The molecule has 0 saturated carbocycles. The molecule has 0 N–H and O–H groups in total. The Balaban J connectivity index is 2.10. The lowest BCUT2D eigenvalue weighted by molar-refractivity contribution is -0.151. The monoisotopic (exact) mass is 361 g/mol. The largest absolute Gasteiger partial charge is 0.463 e. The second-order valence-corrected chi connectivity index (χ2v) is 6.86. The maximum absolute atomic E-state index is 13.0. The number of imide groups is 1. The fraction of sp³-hybridized carbons (Fsp3) is 0.550. The van der Waals surface area contributed by atoms with Gasteiger partial charge in [-0.05, 0) is 32.3 Å². The van der Waals surface area contributed by atoms with Crippen LogP contribution in [-0.2, 0) is 25.5 Å². The lowest BCUT2D eigenvalue weighted by atomic mass is 9.96. The molecule has 0 bridgehead atoms. The van der Waals surface area contributed by atoms with E-state index in [0.29, 0.717) is 12.8 Å². The highest BCUT2D eigenvalue weighted by Gasteiger charge is 2.41. The number of ether oxygens (including phenoxy) is 2. The Kier molecular flexibility index (Phi) is 7.18. The van der Waals surface area contributed by atoms with Crippen LogP contribution in [0.2, 0.25) is 0 Å². The number of esters is 1. The lowest BCUT2D eigenvalue weighted by Crippen LogP contribution is -2.44. The molecule has 2 amide bonds. The van der Waals surface area contributed by atoms with Crippen molar-refractivity contribution < 1.29 is 23.9 Å². The van der Waals surface area contributed by atoms with Crippen molar-refractivity contribution in [2.24, 2.45) is 5.92 Å². The first kappa shape index (κ1) is 19.9. The van der Waals surface area contributed by atoms with Crippen molar-refractivity contribution in [1.82, 2.24) is 4.90 Å². The number of carbonyl (C=O) groups excluding carboxylic acids is 3. The van der Waals surface area contributed by atoms with Crippen LogP contribution in [0, 0.1) is 5.92 Å². The summed E-state index contributed by atoms with van der Waals surface area (Å²) in [4.78, 5) is 38.3. The summed E-state index contributed by atoms with van der Waals surface area (Å²) < 4.78 is 10.3. The first-order chi connectivity index (χ1) is 12.4. The molecule has 0 aromatic heterocycles. The summed E-state index contributed by atoms with van der Waals surface area (Å²) in [6.45, 7) is 5.65. The Bertz CT molecular complexity index is 628. The predicted molar refractivity (Wildman–Crippen MR) is 96.4 cm³/mol. The number of carbonyl (C=O) groups is 3. The molecule has 1 aromatic rings. The minimum Gasteiger partial charge on any atom is -0.463 e. The Morgan fingerprint density at radius 1 is 1.27 bits per heavy atom. The minimum absolute atomic E-state index is 0.0211. The van der Waals surface area contributed by atoms with E-state index < -0.39 is 18.0 Å². The Morgan fingerprint density at radius 3 is 2.58 bits per heavy atom. The van der Waals surface area contributed by atoms with Crippen LogP contribution < -0.4 is 0 Å². The van der Waals surface area contributed by atoms with Gasteiger partial charge >= 0.3 is 12.1 Å². The third-order valence-electron chi connectivity index (χ3n) is 4.28. The van der Waals surface area contributed by atoms with Crippen molar-refractivity contribution in [3.8, 4) is 0 Å². The van der Waals surface area contributed by atoms with Crippen molar-refractivity contribution in [3.05, 3.63) is 35.9 Å². The molecule has 1 aromatic carbocycles. The van der Waals surface area contributed by atoms with Gasteiger partial charge in [0, 0.05) is 5.92 Å². The van der Waals surface area contributed by atoms with E-state index in [9.17, 15) is 14.4 Å².